The Balaban J connectivity index is 1.52. The number of aliphatic carboxylic acids is 1. The number of carbonyl (C=O) groups is 1. The van der Waals surface area contributed by atoms with E-state index in [4.69, 9.17) is 9.47 Å². The first-order chi connectivity index (χ1) is 16.1. The second-order valence-electron chi connectivity index (χ2n) is 8.09. The van der Waals surface area contributed by atoms with Gasteiger partial charge in [0.25, 0.3) is 0 Å². The first-order valence-corrected chi connectivity index (χ1v) is 11.2. The fourth-order valence-electron chi connectivity index (χ4n) is 4.24. The van der Waals surface area contributed by atoms with E-state index in [0.29, 0.717) is 19.6 Å². The number of para-hydroxylation sites is 1. The number of carboxylic acid groups (broad SMARTS) is 1. The highest BCUT2D eigenvalue weighted by atomic mass is 16.5. The van der Waals surface area contributed by atoms with Gasteiger partial charge in [-0.15, -0.1) is 0 Å². The third kappa shape index (κ3) is 5.26. The van der Waals surface area contributed by atoms with Crippen LogP contribution in [0.5, 0.6) is 5.75 Å². The van der Waals surface area contributed by atoms with Crippen molar-refractivity contribution in [2.45, 2.75) is 26.0 Å². The van der Waals surface area contributed by atoms with E-state index in [9.17, 15) is 9.90 Å². The summed E-state index contributed by atoms with van der Waals surface area (Å²) in [6.45, 7) is 3.45. The highest BCUT2D eigenvalue weighted by Gasteiger charge is 2.20. The van der Waals surface area contributed by atoms with Gasteiger partial charge in [0.1, 0.15) is 12.4 Å². The first kappa shape index (κ1) is 22.6. The van der Waals surface area contributed by atoms with Crippen LogP contribution < -0.4 is 9.64 Å². The molecule has 0 fully saturated rings. The largest absolute Gasteiger partial charge is 0.490 e. The average Bonchev–Trinajstić information content (AvgIpc) is 2.94. The van der Waals surface area contributed by atoms with E-state index in [1.165, 1.54) is 28.0 Å². The molecule has 1 atom stereocenters. The molecule has 1 unspecified atom stereocenters. The van der Waals surface area contributed by atoms with Crippen LogP contribution in [0.2, 0.25) is 0 Å². The quantitative estimate of drug-likeness (QED) is 0.520. The van der Waals surface area contributed by atoms with Crippen molar-refractivity contribution in [3.63, 3.8) is 0 Å². The number of hydrogen-bond acceptors (Lipinski definition) is 4. The van der Waals surface area contributed by atoms with E-state index in [2.05, 4.69) is 66.6 Å². The number of anilines is 1. The molecule has 0 radical (unpaired) electrons. The lowest BCUT2D eigenvalue weighted by atomic mass is 9.94. The van der Waals surface area contributed by atoms with Crippen molar-refractivity contribution in [2.75, 3.05) is 25.2 Å². The SMILES string of the molecule is CCOC(Cc1ccc(OC/C=C2/c3ccccc3CN(C)c3ccccc32)cc1)C(=O)O. The van der Waals surface area contributed by atoms with Gasteiger partial charge in [0.05, 0.1) is 0 Å². The minimum absolute atomic E-state index is 0.328. The number of fused-ring (bicyclic) bond motifs is 2. The van der Waals surface area contributed by atoms with Crippen LogP contribution in [0, 0.1) is 0 Å². The van der Waals surface area contributed by atoms with Crippen LogP contribution in [-0.2, 0) is 22.5 Å². The average molecular weight is 444 g/mol. The van der Waals surface area contributed by atoms with E-state index in [1.54, 1.807) is 6.92 Å². The van der Waals surface area contributed by atoms with Crippen molar-refractivity contribution in [2.24, 2.45) is 0 Å². The highest BCUT2D eigenvalue weighted by molar-refractivity contribution is 5.89. The van der Waals surface area contributed by atoms with Crippen molar-refractivity contribution < 1.29 is 19.4 Å². The molecule has 170 valence electrons. The summed E-state index contributed by atoms with van der Waals surface area (Å²) in [7, 11) is 2.12. The molecule has 0 amide bonds. The molecule has 0 spiro atoms. The minimum Gasteiger partial charge on any atom is -0.490 e. The molecule has 3 aromatic rings. The zero-order chi connectivity index (χ0) is 23.2. The van der Waals surface area contributed by atoms with Crippen molar-refractivity contribution in [1.82, 2.24) is 0 Å². The van der Waals surface area contributed by atoms with Crippen LogP contribution in [0.3, 0.4) is 0 Å². The molecular weight excluding hydrogens is 414 g/mol. The van der Waals surface area contributed by atoms with Crippen molar-refractivity contribution in [3.05, 3.63) is 101 Å². The molecule has 0 aliphatic carbocycles. The number of hydrogen-bond donors (Lipinski definition) is 1. The van der Waals surface area contributed by atoms with Crippen LogP contribution in [0.25, 0.3) is 5.57 Å². The summed E-state index contributed by atoms with van der Waals surface area (Å²) in [5, 5.41) is 9.28. The Morgan fingerprint density at radius 1 is 1.03 bits per heavy atom. The zero-order valence-corrected chi connectivity index (χ0v) is 19.0. The monoisotopic (exact) mass is 443 g/mol. The Bertz CT molecular complexity index is 1140. The summed E-state index contributed by atoms with van der Waals surface area (Å²) in [5.74, 6) is -0.204. The van der Waals surface area contributed by atoms with Gasteiger partial charge in [-0.2, -0.15) is 0 Å². The Labute approximate surface area is 194 Å². The summed E-state index contributed by atoms with van der Waals surface area (Å²) in [4.78, 5) is 13.6. The smallest absolute Gasteiger partial charge is 0.333 e. The fourth-order valence-corrected chi connectivity index (χ4v) is 4.24. The molecular formula is C28H29NO4. The topological polar surface area (TPSA) is 59.0 Å². The standard InChI is InChI=1S/C28H29NO4/c1-3-32-27(28(30)31)18-20-12-14-22(15-13-20)33-17-16-24-23-9-5-4-8-21(23)19-29(2)26-11-7-6-10-25(24)26/h4-16,27H,3,17-19H2,1-2H3,(H,30,31)/b24-16-. The van der Waals surface area contributed by atoms with Gasteiger partial charge >= 0.3 is 5.97 Å². The summed E-state index contributed by atoms with van der Waals surface area (Å²) in [6.07, 6.45) is 1.63. The molecule has 0 bridgehead atoms. The lowest BCUT2D eigenvalue weighted by molar-refractivity contribution is -0.149. The van der Waals surface area contributed by atoms with Crippen molar-refractivity contribution in [1.29, 1.82) is 0 Å². The van der Waals surface area contributed by atoms with Gasteiger partial charge in [-0.1, -0.05) is 54.6 Å². The molecule has 5 heteroatoms. The number of carboxylic acids is 1. The maximum absolute atomic E-state index is 11.3. The first-order valence-electron chi connectivity index (χ1n) is 11.2. The predicted octanol–water partition coefficient (Wildman–Crippen LogP) is 5.18. The predicted molar refractivity (Wildman–Crippen MR) is 131 cm³/mol. The number of ether oxygens (including phenoxy) is 2. The molecule has 3 aromatic carbocycles. The Hall–Kier alpha value is -3.57. The van der Waals surface area contributed by atoms with Crippen molar-refractivity contribution >= 4 is 17.2 Å². The van der Waals surface area contributed by atoms with Crippen LogP contribution >= 0.6 is 0 Å². The molecule has 0 saturated heterocycles. The van der Waals surface area contributed by atoms with Crippen LogP contribution in [0.1, 0.15) is 29.2 Å². The van der Waals surface area contributed by atoms with E-state index in [-0.39, 0.29) is 0 Å². The zero-order valence-electron chi connectivity index (χ0n) is 19.0. The number of benzene rings is 3. The molecule has 5 nitrogen and oxygen atoms in total. The lowest BCUT2D eigenvalue weighted by Crippen LogP contribution is -2.26. The molecule has 1 aliphatic rings. The molecule has 4 rings (SSSR count). The van der Waals surface area contributed by atoms with Gasteiger partial charge in [-0.3, -0.25) is 0 Å². The molecule has 1 heterocycles. The van der Waals surface area contributed by atoms with E-state index >= 15 is 0 Å². The molecule has 0 aromatic heterocycles. The van der Waals surface area contributed by atoms with E-state index in [1.807, 2.05) is 24.3 Å². The fraction of sp³-hybridized carbons (Fsp3) is 0.250. The van der Waals surface area contributed by atoms with Gasteiger partial charge in [0.2, 0.25) is 0 Å². The Morgan fingerprint density at radius 2 is 1.73 bits per heavy atom. The maximum Gasteiger partial charge on any atom is 0.333 e. The molecule has 1 N–H and O–H groups in total. The van der Waals surface area contributed by atoms with Gasteiger partial charge in [0, 0.05) is 37.9 Å². The van der Waals surface area contributed by atoms with Gasteiger partial charge in [-0.25, -0.2) is 4.79 Å². The normalized spacial score (nSPS) is 14.8. The summed E-state index contributed by atoms with van der Waals surface area (Å²) >= 11 is 0. The second kappa shape index (κ2) is 10.4. The number of nitrogens with zero attached hydrogens (tertiary/aromatic N) is 1. The molecule has 33 heavy (non-hydrogen) atoms. The third-order valence-electron chi connectivity index (χ3n) is 5.85. The second-order valence-corrected chi connectivity index (χ2v) is 8.09. The Morgan fingerprint density at radius 3 is 2.45 bits per heavy atom. The summed E-state index contributed by atoms with van der Waals surface area (Å²) in [5.41, 5.74) is 6.98. The van der Waals surface area contributed by atoms with Gasteiger partial charge in [-0.05, 0) is 53.5 Å². The highest BCUT2D eigenvalue weighted by Crippen LogP contribution is 2.37. The third-order valence-corrected chi connectivity index (χ3v) is 5.85. The molecule has 1 aliphatic heterocycles. The molecule has 0 saturated carbocycles. The van der Waals surface area contributed by atoms with Gasteiger partial charge in [0.15, 0.2) is 6.10 Å². The van der Waals surface area contributed by atoms with Crippen LogP contribution in [0.15, 0.2) is 78.9 Å². The summed E-state index contributed by atoms with van der Waals surface area (Å²) in [6, 6.07) is 24.5. The lowest BCUT2D eigenvalue weighted by Gasteiger charge is -2.19. The van der Waals surface area contributed by atoms with Crippen LogP contribution in [0.4, 0.5) is 5.69 Å². The number of rotatable bonds is 8. The van der Waals surface area contributed by atoms with Crippen LogP contribution in [-0.4, -0.2) is 37.4 Å². The Kier molecular flexibility index (Phi) is 7.10. The van der Waals surface area contributed by atoms with E-state index in [0.717, 1.165) is 17.9 Å². The summed E-state index contributed by atoms with van der Waals surface area (Å²) < 4.78 is 11.3. The maximum atomic E-state index is 11.3. The van der Waals surface area contributed by atoms with Crippen molar-refractivity contribution in [3.8, 4) is 5.75 Å². The minimum atomic E-state index is -0.946. The van der Waals surface area contributed by atoms with Gasteiger partial charge < -0.3 is 19.5 Å². The van der Waals surface area contributed by atoms with E-state index < -0.39 is 12.1 Å².